The third kappa shape index (κ3) is 4.41. The molecule has 3 N–H and O–H groups in total. The maximum atomic E-state index is 12.3. The number of rotatable bonds is 4. The number of aliphatic hydroxyl groups excluding tert-OH is 1. The zero-order chi connectivity index (χ0) is 16.8. The molecule has 2 amide bonds. The molecule has 1 aliphatic heterocycles. The molecule has 5 nitrogen and oxygen atoms in total. The molecule has 24 heavy (non-hydrogen) atoms. The number of carbonyl (C=O) groups excluding carboxylic acids is 1. The van der Waals surface area contributed by atoms with Crippen LogP contribution in [-0.4, -0.2) is 42.9 Å². The van der Waals surface area contributed by atoms with Gasteiger partial charge in [0.15, 0.2) is 0 Å². The van der Waals surface area contributed by atoms with E-state index in [-0.39, 0.29) is 30.6 Å². The topological polar surface area (TPSA) is 64.6 Å². The van der Waals surface area contributed by atoms with E-state index >= 15 is 0 Å². The molecule has 3 rings (SSSR count). The quantitative estimate of drug-likeness (QED) is 0.794. The van der Waals surface area contributed by atoms with E-state index in [1.807, 2.05) is 6.07 Å². The number of hydrogen-bond acceptors (Lipinski definition) is 3. The van der Waals surface area contributed by atoms with Crippen LogP contribution in [0.1, 0.15) is 38.5 Å². The van der Waals surface area contributed by atoms with Crippen LogP contribution in [-0.2, 0) is 0 Å². The second kappa shape index (κ2) is 8.38. The third-order valence-electron chi connectivity index (χ3n) is 5.41. The molecule has 2 aliphatic rings. The minimum Gasteiger partial charge on any atom is -0.396 e. The molecular formula is C19H29N3O2. The minimum absolute atomic E-state index is 0.0708. The fraction of sp³-hybridized carbons (Fsp3) is 0.632. The lowest BCUT2D eigenvalue weighted by Crippen LogP contribution is -2.52. The average Bonchev–Trinajstić information content (AvgIpc) is 2.63. The number of urea groups is 1. The maximum Gasteiger partial charge on any atom is 0.315 e. The summed E-state index contributed by atoms with van der Waals surface area (Å²) < 4.78 is 0. The van der Waals surface area contributed by atoms with Gasteiger partial charge in [-0.05, 0) is 37.8 Å². The lowest BCUT2D eigenvalue weighted by Gasteiger charge is -2.35. The highest BCUT2D eigenvalue weighted by Crippen LogP contribution is 2.24. The lowest BCUT2D eigenvalue weighted by molar-refractivity contribution is 0.153. The number of carbonyl (C=O) groups is 1. The zero-order valence-electron chi connectivity index (χ0n) is 14.3. The fourth-order valence-electron chi connectivity index (χ4n) is 3.93. The number of benzene rings is 1. The maximum absolute atomic E-state index is 12.3. The van der Waals surface area contributed by atoms with Gasteiger partial charge in [-0.3, -0.25) is 0 Å². The van der Waals surface area contributed by atoms with E-state index in [0.29, 0.717) is 0 Å². The number of piperidine rings is 1. The van der Waals surface area contributed by atoms with Crippen molar-refractivity contribution in [1.82, 2.24) is 10.6 Å². The van der Waals surface area contributed by atoms with Gasteiger partial charge in [-0.1, -0.05) is 31.0 Å². The van der Waals surface area contributed by atoms with E-state index in [1.54, 1.807) is 0 Å². The van der Waals surface area contributed by atoms with Crippen LogP contribution >= 0.6 is 0 Å². The van der Waals surface area contributed by atoms with Crippen LogP contribution in [0.2, 0.25) is 0 Å². The summed E-state index contributed by atoms with van der Waals surface area (Å²) in [6.07, 6.45) is 6.22. The van der Waals surface area contributed by atoms with Crippen molar-refractivity contribution >= 4 is 11.7 Å². The van der Waals surface area contributed by atoms with Crippen molar-refractivity contribution in [2.75, 3.05) is 24.6 Å². The van der Waals surface area contributed by atoms with Crippen LogP contribution in [0.25, 0.3) is 0 Å². The Balaban J connectivity index is 1.43. The monoisotopic (exact) mass is 331 g/mol. The zero-order valence-corrected chi connectivity index (χ0v) is 14.3. The number of para-hydroxylation sites is 1. The first-order valence-corrected chi connectivity index (χ1v) is 9.24. The van der Waals surface area contributed by atoms with Gasteiger partial charge in [0, 0.05) is 43.4 Å². The Morgan fingerprint density at radius 3 is 2.46 bits per heavy atom. The summed E-state index contributed by atoms with van der Waals surface area (Å²) in [7, 11) is 0. The summed E-state index contributed by atoms with van der Waals surface area (Å²) in [5, 5.41) is 15.7. The van der Waals surface area contributed by atoms with Gasteiger partial charge in [-0.15, -0.1) is 0 Å². The predicted octanol–water partition coefficient (Wildman–Crippen LogP) is 2.51. The molecule has 0 spiro atoms. The van der Waals surface area contributed by atoms with Crippen molar-refractivity contribution in [1.29, 1.82) is 0 Å². The Kier molecular flexibility index (Phi) is 5.96. The predicted molar refractivity (Wildman–Crippen MR) is 96.2 cm³/mol. The van der Waals surface area contributed by atoms with Crippen molar-refractivity contribution in [3.8, 4) is 0 Å². The van der Waals surface area contributed by atoms with Gasteiger partial charge >= 0.3 is 6.03 Å². The normalized spacial score (nSPS) is 25.3. The molecule has 0 bridgehead atoms. The molecule has 1 saturated heterocycles. The van der Waals surface area contributed by atoms with Crippen LogP contribution < -0.4 is 15.5 Å². The summed E-state index contributed by atoms with van der Waals surface area (Å²) >= 11 is 0. The Labute approximate surface area is 144 Å². The Morgan fingerprint density at radius 2 is 1.75 bits per heavy atom. The van der Waals surface area contributed by atoms with Crippen LogP contribution in [0, 0.1) is 5.92 Å². The van der Waals surface area contributed by atoms with Gasteiger partial charge in [-0.2, -0.15) is 0 Å². The van der Waals surface area contributed by atoms with Crippen LogP contribution in [0.4, 0.5) is 10.5 Å². The highest BCUT2D eigenvalue weighted by Gasteiger charge is 2.27. The molecule has 2 fully saturated rings. The van der Waals surface area contributed by atoms with E-state index in [0.717, 1.165) is 51.6 Å². The molecule has 1 aromatic rings. The molecule has 1 saturated carbocycles. The van der Waals surface area contributed by atoms with Gasteiger partial charge < -0.3 is 20.6 Å². The SMILES string of the molecule is O=C(NC1CCN(c2ccccc2)CC1)NC1CCCCC1CO. The number of hydrogen-bond donors (Lipinski definition) is 3. The number of anilines is 1. The minimum atomic E-state index is -0.0708. The van der Waals surface area contributed by atoms with E-state index in [2.05, 4.69) is 39.8 Å². The van der Waals surface area contributed by atoms with Crippen molar-refractivity contribution in [2.24, 2.45) is 5.92 Å². The second-order valence-corrected chi connectivity index (χ2v) is 7.05. The van der Waals surface area contributed by atoms with Gasteiger partial charge in [0.2, 0.25) is 0 Å². The molecule has 0 aromatic heterocycles. The summed E-state index contributed by atoms with van der Waals surface area (Å²) in [6.45, 7) is 2.11. The van der Waals surface area contributed by atoms with Gasteiger partial charge in [-0.25, -0.2) is 4.79 Å². The lowest BCUT2D eigenvalue weighted by atomic mass is 9.85. The highest BCUT2D eigenvalue weighted by atomic mass is 16.3. The molecule has 1 heterocycles. The highest BCUT2D eigenvalue weighted by molar-refractivity contribution is 5.74. The molecule has 132 valence electrons. The molecule has 1 aromatic carbocycles. The van der Waals surface area contributed by atoms with Gasteiger partial charge in [0.1, 0.15) is 0 Å². The molecular weight excluding hydrogens is 302 g/mol. The first kappa shape index (κ1) is 17.1. The molecule has 0 radical (unpaired) electrons. The standard InChI is InChI=1S/C19H29N3O2/c23-14-15-6-4-5-9-18(15)21-19(24)20-16-10-12-22(13-11-16)17-7-2-1-3-8-17/h1-3,7-8,15-16,18,23H,4-6,9-14H2,(H2,20,21,24). The number of amides is 2. The Morgan fingerprint density at radius 1 is 1.04 bits per heavy atom. The number of nitrogens with one attached hydrogen (secondary N) is 2. The van der Waals surface area contributed by atoms with E-state index in [9.17, 15) is 9.90 Å². The van der Waals surface area contributed by atoms with Crippen LogP contribution in [0.15, 0.2) is 30.3 Å². The van der Waals surface area contributed by atoms with E-state index in [1.165, 1.54) is 5.69 Å². The molecule has 1 aliphatic carbocycles. The van der Waals surface area contributed by atoms with Gasteiger partial charge in [0.25, 0.3) is 0 Å². The average molecular weight is 331 g/mol. The Bertz CT molecular complexity index is 515. The number of aliphatic hydroxyl groups is 1. The van der Waals surface area contributed by atoms with Crippen molar-refractivity contribution < 1.29 is 9.90 Å². The second-order valence-electron chi connectivity index (χ2n) is 7.05. The fourth-order valence-corrected chi connectivity index (χ4v) is 3.93. The van der Waals surface area contributed by atoms with Crippen LogP contribution in [0.3, 0.4) is 0 Å². The Hall–Kier alpha value is -1.75. The smallest absolute Gasteiger partial charge is 0.315 e. The third-order valence-corrected chi connectivity index (χ3v) is 5.41. The van der Waals surface area contributed by atoms with Crippen molar-refractivity contribution in [3.63, 3.8) is 0 Å². The van der Waals surface area contributed by atoms with Crippen molar-refractivity contribution in [3.05, 3.63) is 30.3 Å². The first-order valence-electron chi connectivity index (χ1n) is 9.24. The molecule has 2 atom stereocenters. The molecule has 2 unspecified atom stereocenters. The molecule has 5 heteroatoms. The van der Waals surface area contributed by atoms with E-state index in [4.69, 9.17) is 0 Å². The summed E-state index contributed by atoms with van der Waals surface area (Å²) in [4.78, 5) is 14.6. The largest absolute Gasteiger partial charge is 0.396 e. The summed E-state index contributed by atoms with van der Waals surface area (Å²) in [6, 6.07) is 10.7. The van der Waals surface area contributed by atoms with Crippen LogP contribution in [0.5, 0.6) is 0 Å². The summed E-state index contributed by atoms with van der Waals surface area (Å²) in [5.41, 5.74) is 1.26. The van der Waals surface area contributed by atoms with Crippen molar-refractivity contribution in [2.45, 2.75) is 50.6 Å². The number of nitrogens with zero attached hydrogens (tertiary/aromatic N) is 1. The van der Waals surface area contributed by atoms with Gasteiger partial charge in [0.05, 0.1) is 0 Å². The van der Waals surface area contributed by atoms with E-state index < -0.39 is 0 Å². The summed E-state index contributed by atoms with van der Waals surface area (Å²) in [5.74, 6) is 0.212. The first-order chi connectivity index (χ1) is 11.8.